The van der Waals surface area contributed by atoms with E-state index < -0.39 is 31.7 Å². The van der Waals surface area contributed by atoms with E-state index in [4.69, 9.17) is 9.47 Å². The van der Waals surface area contributed by atoms with Crippen molar-refractivity contribution in [2.45, 2.75) is 64.7 Å². The zero-order valence-electron chi connectivity index (χ0n) is 22.9. The fraction of sp³-hybridized carbons (Fsp3) is 0.464. The zero-order valence-corrected chi connectivity index (χ0v) is 23.9. The van der Waals surface area contributed by atoms with Crippen molar-refractivity contribution in [3.8, 4) is 28.4 Å². The lowest BCUT2D eigenvalue weighted by atomic mass is 9.83. The summed E-state index contributed by atoms with van der Waals surface area (Å²) in [6, 6.07) is 11.2. The van der Waals surface area contributed by atoms with E-state index in [-0.39, 0.29) is 24.7 Å². The number of aromatic nitrogens is 3. The number of nitrogens with one attached hydrogen (secondary N) is 1. The van der Waals surface area contributed by atoms with Gasteiger partial charge in [-0.3, -0.25) is 9.78 Å². The quantitative estimate of drug-likeness (QED) is 0.211. The zero-order chi connectivity index (χ0) is 28.8. The van der Waals surface area contributed by atoms with E-state index in [0.29, 0.717) is 35.9 Å². The van der Waals surface area contributed by atoms with Gasteiger partial charge < -0.3 is 19.6 Å². The van der Waals surface area contributed by atoms with Gasteiger partial charge in [0.25, 0.3) is 0 Å². The van der Waals surface area contributed by atoms with Gasteiger partial charge in [-0.1, -0.05) is 33.5 Å². The summed E-state index contributed by atoms with van der Waals surface area (Å²) in [6.45, 7) is 10.0. The van der Waals surface area contributed by atoms with E-state index in [1.54, 1.807) is 30.5 Å². The van der Waals surface area contributed by atoms with Crippen LogP contribution in [0.5, 0.6) is 5.75 Å². The number of halogens is 3. The maximum Gasteiger partial charge on any atom is 0.420 e. The molecular weight excluding hydrogens is 527 g/mol. The first-order valence-electron chi connectivity index (χ1n) is 12.9. The second kappa shape index (κ2) is 12.3. The molecule has 2 heterocycles. The first-order valence-corrected chi connectivity index (χ1v) is 16.7. The minimum atomic E-state index is -4.58. The first-order chi connectivity index (χ1) is 18.3. The van der Waals surface area contributed by atoms with E-state index in [1.165, 1.54) is 6.20 Å². The number of hydrogen-bond donors (Lipinski definition) is 2. The van der Waals surface area contributed by atoms with Crippen molar-refractivity contribution in [1.82, 2.24) is 15.0 Å². The highest BCUT2D eigenvalue weighted by Crippen LogP contribution is 2.36. The van der Waals surface area contributed by atoms with Crippen LogP contribution < -0.4 is 4.74 Å². The molecular formula is C28H36F3N3O4Si. The summed E-state index contributed by atoms with van der Waals surface area (Å²) >= 11 is 0. The number of ether oxygens (including phenoxy) is 2. The molecule has 0 aliphatic rings. The SMILES string of the molecule is CCC(CC)(COc1ccc(-c2ccc(-c3nc(C(OCC[Si](C)(C)C)C(F)(F)F)c[nH]3)cn2)cc1)C(=O)O. The highest BCUT2D eigenvalue weighted by Gasteiger charge is 2.43. The van der Waals surface area contributed by atoms with Crippen LogP contribution in [-0.4, -0.2) is 53.5 Å². The minimum Gasteiger partial charge on any atom is -0.492 e. The lowest BCUT2D eigenvalue weighted by Crippen LogP contribution is -2.36. The van der Waals surface area contributed by atoms with Crippen LogP contribution in [0.2, 0.25) is 25.7 Å². The van der Waals surface area contributed by atoms with E-state index in [1.807, 2.05) is 26.0 Å². The maximum atomic E-state index is 13.7. The van der Waals surface area contributed by atoms with Crippen LogP contribution in [0.1, 0.15) is 38.5 Å². The van der Waals surface area contributed by atoms with E-state index in [2.05, 4.69) is 34.6 Å². The average Bonchev–Trinajstić information content (AvgIpc) is 3.36. The molecule has 2 aromatic heterocycles. The highest BCUT2D eigenvalue weighted by molar-refractivity contribution is 6.76. The molecule has 2 N–H and O–H groups in total. The second-order valence-corrected chi connectivity index (χ2v) is 16.4. The van der Waals surface area contributed by atoms with Gasteiger partial charge in [-0.05, 0) is 55.3 Å². The maximum absolute atomic E-state index is 13.7. The summed E-state index contributed by atoms with van der Waals surface area (Å²) in [4.78, 5) is 23.1. The number of H-pyrrole nitrogens is 1. The largest absolute Gasteiger partial charge is 0.492 e. The predicted octanol–water partition coefficient (Wildman–Crippen LogP) is 7.37. The van der Waals surface area contributed by atoms with E-state index in [9.17, 15) is 23.1 Å². The van der Waals surface area contributed by atoms with Crippen molar-refractivity contribution in [3.05, 3.63) is 54.5 Å². The van der Waals surface area contributed by atoms with Crippen LogP contribution in [0.3, 0.4) is 0 Å². The monoisotopic (exact) mass is 563 g/mol. The van der Waals surface area contributed by atoms with Gasteiger partial charge >= 0.3 is 12.1 Å². The molecule has 0 aliphatic heterocycles. The fourth-order valence-electron chi connectivity index (χ4n) is 3.92. The van der Waals surface area contributed by atoms with Gasteiger partial charge in [-0.15, -0.1) is 0 Å². The van der Waals surface area contributed by atoms with Crippen molar-refractivity contribution < 1.29 is 32.5 Å². The smallest absolute Gasteiger partial charge is 0.420 e. The number of carboxylic acids is 1. The van der Waals surface area contributed by atoms with Crippen LogP contribution in [-0.2, 0) is 9.53 Å². The molecule has 0 aliphatic carbocycles. The standard InChI is InChI=1S/C28H36F3N3O4Si/c1-6-27(7-2,26(35)36)18-38-21-11-8-19(9-12-21)22-13-10-20(16-32-22)25-33-17-23(34-25)24(28(29,30)31)37-14-15-39(3,4)5/h8-13,16-17,24H,6-7,14-15,18H2,1-5H3,(H,33,34)(H,35,36). The summed E-state index contributed by atoms with van der Waals surface area (Å²) < 4.78 is 52.0. The Morgan fingerprint density at radius 1 is 1.05 bits per heavy atom. The molecule has 0 saturated carbocycles. The third kappa shape index (κ3) is 7.92. The molecule has 1 atom stereocenters. The number of nitrogens with zero attached hydrogens (tertiary/aromatic N) is 2. The topological polar surface area (TPSA) is 97.3 Å². The van der Waals surface area contributed by atoms with Crippen LogP contribution in [0.25, 0.3) is 22.6 Å². The van der Waals surface area contributed by atoms with Gasteiger partial charge in [-0.2, -0.15) is 13.2 Å². The van der Waals surface area contributed by atoms with Gasteiger partial charge in [0.2, 0.25) is 0 Å². The highest BCUT2D eigenvalue weighted by atomic mass is 28.3. The molecule has 3 rings (SSSR count). The Bertz CT molecular complexity index is 1220. The first kappa shape index (κ1) is 30.4. The van der Waals surface area contributed by atoms with Crippen LogP contribution >= 0.6 is 0 Å². The summed E-state index contributed by atoms with van der Waals surface area (Å²) in [5, 5.41) is 9.57. The Morgan fingerprint density at radius 3 is 2.21 bits per heavy atom. The van der Waals surface area contributed by atoms with Crippen molar-refractivity contribution in [1.29, 1.82) is 0 Å². The molecule has 1 unspecified atom stereocenters. The number of rotatable bonds is 13. The Kier molecular flexibility index (Phi) is 9.60. The Labute approximate surface area is 227 Å². The second-order valence-electron chi connectivity index (χ2n) is 10.8. The normalized spacial score (nSPS) is 13.3. The summed E-state index contributed by atoms with van der Waals surface area (Å²) in [5.74, 6) is -0.0533. The summed E-state index contributed by atoms with van der Waals surface area (Å²) in [7, 11) is -1.54. The molecule has 7 nitrogen and oxygen atoms in total. The molecule has 212 valence electrons. The Balaban J connectivity index is 1.69. The number of benzene rings is 1. The Morgan fingerprint density at radius 2 is 1.69 bits per heavy atom. The van der Waals surface area contributed by atoms with Crippen molar-refractivity contribution in [2.75, 3.05) is 13.2 Å². The van der Waals surface area contributed by atoms with Gasteiger partial charge in [0.15, 0.2) is 6.10 Å². The van der Waals surface area contributed by atoms with Crippen LogP contribution in [0.4, 0.5) is 13.2 Å². The van der Waals surface area contributed by atoms with Crippen molar-refractivity contribution in [3.63, 3.8) is 0 Å². The number of hydrogen-bond acceptors (Lipinski definition) is 5. The lowest BCUT2D eigenvalue weighted by molar-refractivity contribution is -0.223. The predicted molar refractivity (Wildman–Crippen MR) is 146 cm³/mol. The summed E-state index contributed by atoms with van der Waals surface area (Å²) in [5.41, 5.74) is 0.851. The molecule has 1 aromatic carbocycles. The van der Waals surface area contributed by atoms with Gasteiger partial charge in [0.1, 0.15) is 23.6 Å². The summed E-state index contributed by atoms with van der Waals surface area (Å²) in [6.07, 6.45) is -2.97. The number of aliphatic carboxylic acids is 1. The average molecular weight is 564 g/mol. The molecule has 0 radical (unpaired) electrons. The molecule has 0 fully saturated rings. The number of alkyl halides is 3. The van der Waals surface area contributed by atoms with Gasteiger partial charge in [0.05, 0.1) is 11.4 Å². The van der Waals surface area contributed by atoms with E-state index >= 15 is 0 Å². The van der Waals surface area contributed by atoms with Gasteiger partial charge in [0, 0.05) is 38.2 Å². The fourth-order valence-corrected chi connectivity index (χ4v) is 4.65. The van der Waals surface area contributed by atoms with Crippen molar-refractivity contribution in [2.24, 2.45) is 5.41 Å². The van der Waals surface area contributed by atoms with Gasteiger partial charge in [-0.25, -0.2) is 4.98 Å². The Hall–Kier alpha value is -3.18. The molecule has 0 bridgehead atoms. The molecule has 39 heavy (non-hydrogen) atoms. The number of imidazole rings is 1. The molecule has 0 spiro atoms. The molecule has 3 aromatic rings. The number of aromatic amines is 1. The van der Waals surface area contributed by atoms with E-state index in [0.717, 1.165) is 5.56 Å². The molecule has 0 amide bonds. The van der Waals surface area contributed by atoms with Crippen LogP contribution in [0, 0.1) is 5.41 Å². The number of pyridine rings is 1. The number of carboxylic acid groups (broad SMARTS) is 1. The molecule has 0 saturated heterocycles. The molecule has 11 heteroatoms. The minimum absolute atomic E-state index is 0.0276. The van der Waals surface area contributed by atoms with Crippen LogP contribution in [0.15, 0.2) is 48.8 Å². The third-order valence-corrected chi connectivity index (χ3v) is 8.51. The lowest BCUT2D eigenvalue weighted by Gasteiger charge is -2.26. The van der Waals surface area contributed by atoms with Crippen molar-refractivity contribution >= 4 is 14.0 Å². The third-order valence-electron chi connectivity index (χ3n) is 6.81. The number of carbonyl (C=O) groups is 1.